The number of hydrogen-bond acceptors (Lipinski definition) is 5. The Hall–Kier alpha value is -0.810. The topological polar surface area (TPSA) is 35.5 Å². The van der Waals surface area contributed by atoms with E-state index in [2.05, 4.69) is 13.8 Å². The fourth-order valence-corrected chi connectivity index (χ4v) is 5.30. The van der Waals surface area contributed by atoms with Gasteiger partial charge in [-0.15, -0.1) is 11.8 Å². The molecule has 1 aromatic carbocycles. The minimum atomic E-state index is 0.0472. The van der Waals surface area contributed by atoms with Crippen molar-refractivity contribution in [3.8, 4) is 11.5 Å². The highest BCUT2D eigenvalue weighted by atomic mass is 32.2. The zero-order chi connectivity index (χ0) is 14.8. The Morgan fingerprint density at radius 2 is 1.90 bits per heavy atom. The molecule has 3 nitrogen and oxygen atoms in total. The normalized spacial score (nSPS) is 28.8. The van der Waals surface area contributed by atoms with Crippen LogP contribution in [0.25, 0.3) is 0 Å². The van der Waals surface area contributed by atoms with Gasteiger partial charge in [0.1, 0.15) is 0 Å². The average molecular weight is 324 g/mol. The zero-order valence-electron chi connectivity index (χ0n) is 12.3. The van der Waals surface area contributed by atoms with Crippen molar-refractivity contribution >= 4 is 29.3 Å². The maximum Gasteiger partial charge on any atom is 0.176 e. The number of rotatable bonds is 2. The molecule has 114 valence electrons. The SMILES string of the molecule is CC1SCC(C(=O)c2ccc3c(c2)OCCCO3)SC1C. The van der Waals surface area contributed by atoms with Crippen LogP contribution in [0.4, 0.5) is 0 Å². The summed E-state index contributed by atoms with van der Waals surface area (Å²) in [6, 6.07) is 5.57. The van der Waals surface area contributed by atoms with E-state index in [0.717, 1.165) is 23.5 Å². The van der Waals surface area contributed by atoms with E-state index in [1.807, 2.05) is 30.0 Å². The summed E-state index contributed by atoms with van der Waals surface area (Å²) < 4.78 is 11.3. The van der Waals surface area contributed by atoms with Gasteiger partial charge in [-0.3, -0.25) is 4.79 Å². The van der Waals surface area contributed by atoms with Crippen molar-refractivity contribution in [3.05, 3.63) is 23.8 Å². The van der Waals surface area contributed by atoms with Gasteiger partial charge >= 0.3 is 0 Å². The molecule has 3 rings (SSSR count). The van der Waals surface area contributed by atoms with Crippen LogP contribution < -0.4 is 9.47 Å². The third-order valence-electron chi connectivity index (χ3n) is 3.87. The van der Waals surface area contributed by atoms with Gasteiger partial charge in [-0.2, -0.15) is 11.8 Å². The summed E-state index contributed by atoms with van der Waals surface area (Å²) in [6.45, 7) is 5.75. The van der Waals surface area contributed by atoms with Crippen LogP contribution in [0.5, 0.6) is 11.5 Å². The molecule has 5 heteroatoms. The maximum absolute atomic E-state index is 12.7. The van der Waals surface area contributed by atoms with E-state index in [1.54, 1.807) is 11.8 Å². The molecule has 2 aliphatic rings. The Balaban J connectivity index is 1.77. The molecule has 0 N–H and O–H groups in total. The minimum Gasteiger partial charge on any atom is -0.490 e. The molecule has 0 saturated carbocycles. The van der Waals surface area contributed by atoms with Gasteiger partial charge in [0.2, 0.25) is 0 Å². The predicted octanol–water partition coefficient (Wildman–Crippen LogP) is 3.66. The molecule has 1 aromatic rings. The Labute approximate surface area is 134 Å². The van der Waals surface area contributed by atoms with Gasteiger partial charge in [-0.05, 0) is 18.2 Å². The first-order valence-electron chi connectivity index (χ1n) is 7.36. The lowest BCUT2D eigenvalue weighted by molar-refractivity contribution is 0.0994. The summed E-state index contributed by atoms with van der Waals surface area (Å²) in [5, 5.41) is 1.17. The molecule has 3 atom stereocenters. The molecule has 0 aliphatic carbocycles. The van der Waals surface area contributed by atoms with Crippen molar-refractivity contribution in [2.75, 3.05) is 19.0 Å². The molecule has 3 unspecified atom stereocenters. The zero-order valence-corrected chi connectivity index (χ0v) is 14.0. The number of hydrogen-bond donors (Lipinski definition) is 0. The highest BCUT2D eigenvalue weighted by Crippen LogP contribution is 2.38. The van der Waals surface area contributed by atoms with Crippen LogP contribution in [0, 0.1) is 0 Å². The van der Waals surface area contributed by atoms with E-state index >= 15 is 0 Å². The maximum atomic E-state index is 12.7. The predicted molar refractivity (Wildman–Crippen MR) is 89.1 cm³/mol. The van der Waals surface area contributed by atoms with Gasteiger partial charge in [-0.25, -0.2) is 0 Å². The van der Waals surface area contributed by atoms with Gasteiger partial charge in [0.25, 0.3) is 0 Å². The molecule has 0 spiro atoms. The Morgan fingerprint density at radius 3 is 2.67 bits per heavy atom. The number of fused-ring (bicyclic) bond motifs is 1. The summed E-state index contributed by atoms with van der Waals surface area (Å²) in [6.07, 6.45) is 0.877. The summed E-state index contributed by atoms with van der Waals surface area (Å²) in [5.41, 5.74) is 0.735. The number of ether oxygens (including phenoxy) is 2. The molecular weight excluding hydrogens is 304 g/mol. The molecular formula is C16H20O3S2. The van der Waals surface area contributed by atoms with E-state index in [-0.39, 0.29) is 11.0 Å². The van der Waals surface area contributed by atoms with Crippen LogP contribution in [0.2, 0.25) is 0 Å². The number of ketones is 1. The minimum absolute atomic E-state index is 0.0472. The third-order valence-corrected chi connectivity index (χ3v) is 7.26. The van der Waals surface area contributed by atoms with Crippen molar-refractivity contribution in [2.45, 2.75) is 36.0 Å². The van der Waals surface area contributed by atoms with Crippen LogP contribution in [0.1, 0.15) is 30.6 Å². The second kappa shape index (κ2) is 6.53. The second-order valence-electron chi connectivity index (χ2n) is 5.44. The van der Waals surface area contributed by atoms with E-state index in [1.165, 1.54) is 0 Å². The summed E-state index contributed by atoms with van der Waals surface area (Å²) in [7, 11) is 0. The molecule has 2 aliphatic heterocycles. The van der Waals surface area contributed by atoms with Gasteiger partial charge in [0.15, 0.2) is 17.3 Å². The Bertz CT molecular complexity index is 532. The molecule has 0 aromatic heterocycles. The van der Waals surface area contributed by atoms with Crippen molar-refractivity contribution in [1.82, 2.24) is 0 Å². The lowest BCUT2D eigenvalue weighted by atomic mass is 10.1. The lowest BCUT2D eigenvalue weighted by Gasteiger charge is -2.30. The molecule has 2 heterocycles. The number of carbonyl (C=O) groups excluding carboxylic acids is 1. The first-order valence-corrected chi connectivity index (χ1v) is 9.35. The quantitative estimate of drug-likeness (QED) is 0.776. The molecule has 1 fully saturated rings. The van der Waals surface area contributed by atoms with Crippen LogP contribution in [0.3, 0.4) is 0 Å². The largest absolute Gasteiger partial charge is 0.490 e. The van der Waals surface area contributed by atoms with Crippen LogP contribution in [-0.4, -0.2) is 40.5 Å². The highest BCUT2D eigenvalue weighted by Gasteiger charge is 2.31. The first kappa shape index (κ1) is 15.1. The molecule has 1 saturated heterocycles. The number of thioether (sulfide) groups is 2. The summed E-state index contributed by atoms with van der Waals surface area (Å²) in [5.74, 6) is 2.55. The van der Waals surface area contributed by atoms with Crippen LogP contribution >= 0.6 is 23.5 Å². The van der Waals surface area contributed by atoms with E-state index < -0.39 is 0 Å². The van der Waals surface area contributed by atoms with Crippen molar-refractivity contribution in [3.63, 3.8) is 0 Å². The van der Waals surface area contributed by atoms with Crippen molar-refractivity contribution in [2.24, 2.45) is 0 Å². The Kier molecular flexibility index (Phi) is 4.69. The summed E-state index contributed by atoms with van der Waals surface area (Å²) >= 11 is 3.69. The van der Waals surface area contributed by atoms with Gasteiger partial charge < -0.3 is 9.47 Å². The third kappa shape index (κ3) is 3.34. The molecule has 0 radical (unpaired) electrons. The van der Waals surface area contributed by atoms with Gasteiger partial charge in [0.05, 0.1) is 18.5 Å². The van der Waals surface area contributed by atoms with Crippen molar-refractivity contribution in [1.29, 1.82) is 0 Å². The molecule has 0 amide bonds. The number of carbonyl (C=O) groups is 1. The first-order chi connectivity index (χ1) is 10.1. The smallest absolute Gasteiger partial charge is 0.176 e. The fraction of sp³-hybridized carbons (Fsp3) is 0.562. The number of Topliss-reactive ketones (excluding diaryl/α,β-unsaturated/α-hetero) is 1. The van der Waals surface area contributed by atoms with E-state index in [9.17, 15) is 4.79 Å². The van der Waals surface area contributed by atoms with Crippen LogP contribution in [0.15, 0.2) is 18.2 Å². The van der Waals surface area contributed by atoms with Gasteiger partial charge in [0, 0.05) is 28.2 Å². The van der Waals surface area contributed by atoms with E-state index in [4.69, 9.17) is 9.47 Å². The fourth-order valence-electron chi connectivity index (χ4n) is 2.42. The lowest BCUT2D eigenvalue weighted by Crippen LogP contribution is -2.31. The highest BCUT2D eigenvalue weighted by molar-refractivity contribution is 8.08. The monoisotopic (exact) mass is 324 g/mol. The average Bonchev–Trinajstić information content (AvgIpc) is 2.73. The summed E-state index contributed by atoms with van der Waals surface area (Å²) in [4.78, 5) is 12.7. The van der Waals surface area contributed by atoms with Gasteiger partial charge in [-0.1, -0.05) is 13.8 Å². The molecule has 21 heavy (non-hydrogen) atoms. The number of benzene rings is 1. The van der Waals surface area contributed by atoms with Crippen molar-refractivity contribution < 1.29 is 14.3 Å². The molecule has 0 bridgehead atoms. The Morgan fingerprint density at radius 1 is 1.14 bits per heavy atom. The van der Waals surface area contributed by atoms with E-state index in [0.29, 0.717) is 29.5 Å². The standard InChI is InChI=1S/C16H20O3S2/c1-10-11(2)21-15(9-20-10)16(17)12-4-5-13-14(8-12)19-7-3-6-18-13/h4-5,8,10-11,15H,3,6-7,9H2,1-2H3. The van der Waals surface area contributed by atoms with Crippen LogP contribution in [-0.2, 0) is 0 Å². The second-order valence-corrected chi connectivity index (χ2v) is 8.44.